The van der Waals surface area contributed by atoms with Crippen LogP contribution in [-0.4, -0.2) is 69.6 Å². The molecule has 2 rings (SSSR count). The fourth-order valence-corrected chi connectivity index (χ4v) is 3.38. The van der Waals surface area contributed by atoms with Gasteiger partial charge in [-0.3, -0.25) is 0 Å². The fourth-order valence-electron chi connectivity index (χ4n) is 3.38. The van der Waals surface area contributed by atoms with E-state index in [1.807, 2.05) is 0 Å². The van der Waals surface area contributed by atoms with E-state index in [4.69, 9.17) is 4.74 Å². The molecule has 19 heavy (non-hydrogen) atoms. The second kappa shape index (κ2) is 6.82. The van der Waals surface area contributed by atoms with Gasteiger partial charge in [-0.1, -0.05) is 0 Å². The molecule has 0 amide bonds. The highest BCUT2D eigenvalue weighted by Gasteiger charge is 2.34. The van der Waals surface area contributed by atoms with E-state index in [0.29, 0.717) is 0 Å². The van der Waals surface area contributed by atoms with Crippen molar-refractivity contribution in [1.29, 1.82) is 0 Å². The molecule has 0 bridgehead atoms. The quantitative estimate of drug-likeness (QED) is 0.703. The van der Waals surface area contributed by atoms with E-state index >= 15 is 0 Å². The van der Waals surface area contributed by atoms with E-state index in [1.54, 1.807) is 0 Å². The van der Waals surface area contributed by atoms with Gasteiger partial charge >= 0.3 is 0 Å². The highest BCUT2D eigenvalue weighted by molar-refractivity contribution is 5.60. The van der Waals surface area contributed by atoms with Gasteiger partial charge in [0.1, 0.15) is 6.29 Å². The van der Waals surface area contributed by atoms with Crippen LogP contribution in [0.4, 0.5) is 0 Å². The number of piperidine rings is 1. The fraction of sp³-hybridized carbons (Fsp3) is 0.933. The first-order valence-corrected chi connectivity index (χ1v) is 7.55. The van der Waals surface area contributed by atoms with E-state index < -0.39 is 0 Å². The van der Waals surface area contributed by atoms with E-state index in [0.717, 1.165) is 45.1 Å². The topological polar surface area (TPSA) is 32.8 Å². The minimum absolute atomic E-state index is 0.154. The maximum atomic E-state index is 11.5. The SMILES string of the molecule is CN1CCC(CN(C)CC2(C=O)CCOCC2)CC1. The zero-order chi connectivity index (χ0) is 13.7. The lowest BCUT2D eigenvalue weighted by Gasteiger charge is -2.37. The first kappa shape index (κ1) is 14.9. The minimum Gasteiger partial charge on any atom is -0.381 e. The Labute approximate surface area is 117 Å². The summed E-state index contributed by atoms with van der Waals surface area (Å²) in [7, 11) is 4.36. The van der Waals surface area contributed by atoms with Crippen LogP contribution in [0.25, 0.3) is 0 Å². The highest BCUT2D eigenvalue weighted by Crippen LogP contribution is 2.29. The average molecular weight is 268 g/mol. The van der Waals surface area contributed by atoms with Gasteiger partial charge in [-0.05, 0) is 58.8 Å². The number of hydrogen-bond acceptors (Lipinski definition) is 4. The second-order valence-corrected chi connectivity index (χ2v) is 6.54. The zero-order valence-corrected chi connectivity index (χ0v) is 12.4. The molecule has 4 heteroatoms. The van der Waals surface area contributed by atoms with Crippen LogP contribution in [0.3, 0.4) is 0 Å². The van der Waals surface area contributed by atoms with Gasteiger partial charge in [-0.15, -0.1) is 0 Å². The molecule has 2 fully saturated rings. The lowest BCUT2D eigenvalue weighted by molar-refractivity contribution is -0.122. The maximum absolute atomic E-state index is 11.5. The number of carbonyl (C=O) groups excluding carboxylic acids is 1. The molecule has 0 unspecified atom stereocenters. The molecule has 0 radical (unpaired) electrons. The molecule has 110 valence electrons. The summed E-state index contributed by atoms with van der Waals surface area (Å²) in [5.41, 5.74) is -0.154. The number of likely N-dealkylation sites (tertiary alicyclic amines) is 1. The summed E-state index contributed by atoms with van der Waals surface area (Å²) in [6, 6.07) is 0. The number of ether oxygens (including phenoxy) is 1. The lowest BCUT2D eigenvalue weighted by atomic mass is 9.81. The van der Waals surface area contributed by atoms with Crippen LogP contribution in [0.5, 0.6) is 0 Å². The number of rotatable bonds is 5. The zero-order valence-electron chi connectivity index (χ0n) is 12.4. The van der Waals surface area contributed by atoms with E-state index in [-0.39, 0.29) is 5.41 Å². The van der Waals surface area contributed by atoms with Crippen molar-refractivity contribution in [2.45, 2.75) is 25.7 Å². The summed E-state index contributed by atoms with van der Waals surface area (Å²) in [5, 5.41) is 0. The average Bonchev–Trinajstić information content (AvgIpc) is 2.42. The van der Waals surface area contributed by atoms with E-state index in [9.17, 15) is 4.79 Å². The van der Waals surface area contributed by atoms with Crippen LogP contribution < -0.4 is 0 Å². The smallest absolute Gasteiger partial charge is 0.127 e. The first-order valence-electron chi connectivity index (χ1n) is 7.55. The van der Waals surface area contributed by atoms with Crippen LogP contribution in [0, 0.1) is 11.3 Å². The molecule has 2 heterocycles. The number of carbonyl (C=O) groups is 1. The van der Waals surface area contributed by atoms with Gasteiger partial charge in [0.15, 0.2) is 0 Å². The molecule has 0 N–H and O–H groups in total. The molecular weight excluding hydrogens is 240 g/mol. The number of nitrogens with zero attached hydrogens (tertiary/aromatic N) is 2. The summed E-state index contributed by atoms with van der Waals surface area (Å²) in [6.07, 6.45) is 5.53. The second-order valence-electron chi connectivity index (χ2n) is 6.54. The van der Waals surface area contributed by atoms with Crippen molar-refractivity contribution in [3.63, 3.8) is 0 Å². The van der Waals surface area contributed by atoms with Crippen LogP contribution in [0.2, 0.25) is 0 Å². The Morgan fingerprint density at radius 3 is 2.53 bits per heavy atom. The summed E-state index contributed by atoms with van der Waals surface area (Å²) in [5.74, 6) is 0.796. The number of aldehydes is 1. The Balaban J connectivity index is 1.79. The number of hydrogen-bond donors (Lipinski definition) is 0. The monoisotopic (exact) mass is 268 g/mol. The molecule has 0 aromatic heterocycles. The van der Waals surface area contributed by atoms with Crippen molar-refractivity contribution in [3.05, 3.63) is 0 Å². The maximum Gasteiger partial charge on any atom is 0.127 e. The van der Waals surface area contributed by atoms with Gasteiger partial charge < -0.3 is 19.3 Å². The Bertz CT molecular complexity index is 282. The van der Waals surface area contributed by atoms with Crippen LogP contribution in [-0.2, 0) is 9.53 Å². The van der Waals surface area contributed by atoms with Gasteiger partial charge in [0.05, 0.1) is 0 Å². The Morgan fingerprint density at radius 2 is 1.95 bits per heavy atom. The Hall–Kier alpha value is -0.450. The predicted molar refractivity (Wildman–Crippen MR) is 76.3 cm³/mol. The summed E-state index contributed by atoms with van der Waals surface area (Å²) >= 11 is 0. The van der Waals surface area contributed by atoms with Gasteiger partial charge in [-0.2, -0.15) is 0 Å². The van der Waals surface area contributed by atoms with Gasteiger partial charge in [-0.25, -0.2) is 0 Å². The Morgan fingerprint density at radius 1 is 1.32 bits per heavy atom. The van der Waals surface area contributed by atoms with Crippen LogP contribution in [0.15, 0.2) is 0 Å². The van der Waals surface area contributed by atoms with Crippen molar-refractivity contribution in [3.8, 4) is 0 Å². The standard InChI is InChI=1S/C15H28N2O2/c1-16-7-3-14(4-8-16)11-17(2)12-15(13-18)5-9-19-10-6-15/h13-14H,3-12H2,1-2H3. The molecule has 0 spiro atoms. The van der Waals surface area contributed by atoms with E-state index in [2.05, 4.69) is 23.9 Å². The third-order valence-corrected chi connectivity index (χ3v) is 4.73. The summed E-state index contributed by atoms with van der Waals surface area (Å²) < 4.78 is 5.39. The Kier molecular flexibility index (Phi) is 5.37. The van der Waals surface area contributed by atoms with Crippen molar-refractivity contribution < 1.29 is 9.53 Å². The molecule has 2 aliphatic heterocycles. The molecule has 2 saturated heterocycles. The molecule has 4 nitrogen and oxygen atoms in total. The van der Waals surface area contributed by atoms with Crippen LogP contribution in [0.1, 0.15) is 25.7 Å². The molecule has 2 aliphatic rings. The first-order chi connectivity index (χ1) is 9.13. The van der Waals surface area contributed by atoms with Gasteiger partial charge in [0, 0.05) is 31.7 Å². The van der Waals surface area contributed by atoms with Gasteiger partial charge in [0.2, 0.25) is 0 Å². The molecule has 0 aromatic carbocycles. The summed E-state index contributed by atoms with van der Waals surface area (Å²) in [6.45, 7) is 5.93. The third kappa shape index (κ3) is 4.26. The molecule has 0 saturated carbocycles. The summed E-state index contributed by atoms with van der Waals surface area (Å²) in [4.78, 5) is 16.2. The molecule has 0 atom stereocenters. The highest BCUT2D eigenvalue weighted by atomic mass is 16.5. The molecular formula is C15H28N2O2. The third-order valence-electron chi connectivity index (χ3n) is 4.73. The van der Waals surface area contributed by atoms with Gasteiger partial charge in [0.25, 0.3) is 0 Å². The van der Waals surface area contributed by atoms with Crippen molar-refractivity contribution in [1.82, 2.24) is 9.80 Å². The lowest BCUT2D eigenvalue weighted by Crippen LogP contribution is -2.43. The molecule has 0 aliphatic carbocycles. The van der Waals surface area contributed by atoms with E-state index in [1.165, 1.54) is 32.2 Å². The largest absolute Gasteiger partial charge is 0.381 e. The minimum atomic E-state index is -0.154. The van der Waals surface area contributed by atoms with Crippen molar-refractivity contribution in [2.24, 2.45) is 11.3 Å². The van der Waals surface area contributed by atoms with Crippen LogP contribution >= 0.6 is 0 Å². The normalized spacial score (nSPS) is 25.6. The van der Waals surface area contributed by atoms with Crippen molar-refractivity contribution in [2.75, 3.05) is 53.5 Å². The molecule has 0 aromatic rings. The van der Waals surface area contributed by atoms with Crippen molar-refractivity contribution >= 4 is 6.29 Å². The predicted octanol–water partition coefficient (Wildman–Crippen LogP) is 1.26.